The summed E-state index contributed by atoms with van der Waals surface area (Å²) in [6.45, 7) is 12.5. The van der Waals surface area contributed by atoms with Crippen LogP contribution < -0.4 is 0 Å². The molecule has 3 atom stereocenters. The SMILES string of the molecule is CCN(CC)C(=O)c1ccccc1[C@H](c1ccccc1)N1C[C@@H](C)N(Cc2ccc(F)cc2)C[C@@H]1C. The summed E-state index contributed by atoms with van der Waals surface area (Å²) in [4.78, 5) is 20.5. The Hall–Kier alpha value is -3.02. The van der Waals surface area contributed by atoms with Crippen LogP contribution in [-0.4, -0.2) is 58.9 Å². The summed E-state index contributed by atoms with van der Waals surface area (Å²) in [7, 11) is 0. The number of piperazine rings is 1. The number of amides is 1. The lowest BCUT2D eigenvalue weighted by Crippen LogP contribution is -2.57. The second kappa shape index (κ2) is 11.8. The van der Waals surface area contributed by atoms with Gasteiger partial charge in [0.1, 0.15) is 5.82 Å². The summed E-state index contributed by atoms with van der Waals surface area (Å²) in [6, 6.07) is 26.0. The molecule has 0 radical (unpaired) electrons. The fourth-order valence-corrected chi connectivity index (χ4v) is 5.43. The molecular weight excluding hydrogens is 449 g/mol. The van der Waals surface area contributed by atoms with Crippen LogP contribution in [0.4, 0.5) is 4.39 Å². The number of carbonyl (C=O) groups is 1. The van der Waals surface area contributed by atoms with Crippen molar-refractivity contribution in [3.63, 3.8) is 0 Å². The molecule has 0 spiro atoms. The largest absolute Gasteiger partial charge is 0.339 e. The summed E-state index contributed by atoms with van der Waals surface area (Å²) >= 11 is 0. The van der Waals surface area contributed by atoms with Gasteiger partial charge >= 0.3 is 0 Å². The average Bonchev–Trinajstić information content (AvgIpc) is 2.90. The van der Waals surface area contributed by atoms with Crippen LogP contribution in [0.2, 0.25) is 0 Å². The number of halogens is 1. The Kier molecular flexibility index (Phi) is 8.55. The lowest BCUT2D eigenvalue weighted by atomic mass is 9.90. The van der Waals surface area contributed by atoms with Crippen LogP contribution >= 0.6 is 0 Å². The van der Waals surface area contributed by atoms with Crippen molar-refractivity contribution in [2.75, 3.05) is 26.2 Å². The van der Waals surface area contributed by atoms with Crippen molar-refractivity contribution < 1.29 is 9.18 Å². The molecule has 3 aromatic carbocycles. The van der Waals surface area contributed by atoms with Gasteiger partial charge in [-0.05, 0) is 62.6 Å². The highest BCUT2D eigenvalue weighted by molar-refractivity contribution is 5.96. The number of rotatable bonds is 8. The topological polar surface area (TPSA) is 26.8 Å². The first-order valence-corrected chi connectivity index (χ1v) is 13.1. The van der Waals surface area contributed by atoms with E-state index < -0.39 is 0 Å². The van der Waals surface area contributed by atoms with Crippen molar-refractivity contribution in [1.29, 1.82) is 0 Å². The molecule has 36 heavy (non-hydrogen) atoms. The minimum atomic E-state index is -0.200. The Morgan fingerprint density at radius 2 is 1.53 bits per heavy atom. The van der Waals surface area contributed by atoms with Crippen molar-refractivity contribution in [3.05, 3.63) is 107 Å². The second-order valence-electron chi connectivity index (χ2n) is 9.83. The van der Waals surface area contributed by atoms with Gasteiger partial charge in [0.05, 0.1) is 6.04 Å². The van der Waals surface area contributed by atoms with Crippen molar-refractivity contribution in [1.82, 2.24) is 14.7 Å². The minimum Gasteiger partial charge on any atom is -0.339 e. The predicted molar refractivity (Wildman–Crippen MR) is 144 cm³/mol. The van der Waals surface area contributed by atoms with Gasteiger partial charge < -0.3 is 4.90 Å². The van der Waals surface area contributed by atoms with E-state index in [-0.39, 0.29) is 23.8 Å². The predicted octanol–water partition coefficient (Wildman–Crippen LogP) is 5.99. The molecule has 5 heteroatoms. The van der Waals surface area contributed by atoms with E-state index in [2.05, 4.69) is 54.0 Å². The lowest BCUT2D eigenvalue weighted by Gasteiger charge is -2.48. The van der Waals surface area contributed by atoms with Gasteiger partial charge in [-0.1, -0.05) is 60.7 Å². The van der Waals surface area contributed by atoms with E-state index in [1.165, 1.54) is 17.7 Å². The highest BCUT2D eigenvalue weighted by Gasteiger charge is 2.36. The van der Waals surface area contributed by atoms with Crippen LogP contribution in [0.3, 0.4) is 0 Å². The van der Waals surface area contributed by atoms with Gasteiger partial charge in [0, 0.05) is 50.4 Å². The summed E-state index contributed by atoms with van der Waals surface area (Å²) < 4.78 is 13.4. The smallest absolute Gasteiger partial charge is 0.254 e. The van der Waals surface area contributed by atoms with Crippen molar-refractivity contribution >= 4 is 5.91 Å². The maximum absolute atomic E-state index is 13.5. The molecule has 1 fully saturated rings. The molecule has 0 bridgehead atoms. The first-order chi connectivity index (χ1) is 17.4. The van der Waals surface area contributed by atoms with Crippen LogP contribution in [0.5, 0.6) is 0 Å². The monoisotopic (exact) mass is 487 g/mol. The second-order valence-corrected chi connectivity index (χ2v) is 9.83. The molecular formula is C31H38FN3O. The van der Waals surface area contributed by atoms with E-state index in [1.54, 1.807) is 0 Å². The van der Waals surface area contributed by atoms with Gasteiger partial charge in [-0.2, -0.15) is 0 Å². The lowest BCUT2D eigenvalue weighted by molar-refractivity contribution is 0.0192. The zero-order valence-electron chi connectivity index (χ0n) is 21.9. The van der Waals surface area contributed by atoms with Crippen LogP contribution in [0.25, 0.3) is 0 Å². The molecule has 1 aliphatic rings. The Morgan fingerprint density at radius 1 is 0.889 bits per heavy atom. The molecule has 3 aromatic rings. The first kappa shape index (κ1) is 26.1. The first-order valence-electron chi connectivity index (χ1n) is 13.1. The molecule has 1 aliphatic heterocycles. The zero-order chi connectivity index (χ0) is 25.7. The maximum atomic E-state index is 13.5. The Morgan fingerprint density at radius 3 is 2.19 bits per heavy atom. The van der Waals surface area contributed by atoms with Crippen molar-refractivity contribution in [3.8, 4) is 0 Å². The quantitative estimate of drug-likeness (QED) is 0.390. The fraction of sp³-hybridized carbons (Fsp3) is 0.387. The van der Waals surface area contributed by atoms with Gasteiger partial charge in [0.25, 0.3) is 5.91 Å². The molecule has 0 unspecified atom stereocenters. The van der Waals surface area contributed by atoms with Gasteiger partial charge in [-0.3, -0.25) is 14.6 Å². The van der Waals surface area contributed by atoms with E-state index in [1.807, 2.05) is 55.1 Å². The number of nitrogens with zero attached hydrogens (tertiary/aromatic N) is 3. The standard InChI is InChI=1S/C31H38FN3O/c1-5-33(6-2)31(36)29-15-11-10-14-28(29)30(26-12-8-7-9-13-26)35-21-23(3)34(20-24(35)4)22-25-16-18-27(32)19-17-25/h7-19,23-24,30H,5-6,20-22H2,1-4H3/t23-,24+,30+/m1/s1. The van der Waals surface area contributed by atoms with Crippen molar-refractivity contribution in [2.45, 2.75) is 52.4 Å². The van der Waals surface area contributed by atoms with Gasteiger partial charge in [0.2, 0.25) is 0 Å². The zero-order valence-corrected chi connectivity index (χ0v) is 21.9. The Balaban J connectivity index is 1.67. The number of hydrogen-bond acceptors (Lipinski definition) is 3. The molecule has 0 aliphatic carbocycles. The van der Waals surface area contributed by atoms with E-state index in [9.17, 15) is 9.18 Å². The molecule has 4 rings (SSSR count). The normalized spacial score (nSPS) is 19.7. The summed E-state index contributed by atoms with van der Waals surface area (Å²) in [6.07, 6.45) is 0. The van der Waals surface area contributed by atoms with Gasteiger partial charge in [-0.15, -0.1) is 0 Å². The highest BCUT2D eigenvalue weighted by Crippen LogP contribution is 2.35. The highest BCUT2D eigenvalue weighted by atomic mass is 19.1. The Bertz CT molecular complexity index is 1130. The van der Waals surface area contributed by atoms with E-state index in [4.69, 9.17) is 0 Å². The molecule has 190 valence electrons. The minimum absolute atomic E-state index is 0.0210. The summed E-state index contributed by atoms with van der Waals surface area (Å²) in [5.41, 5.74) is 4.16. The van der Waals surface area contributed by atoms with Gasteiger partial charge in [-0.25, -0.2) is 4.39 Å². The summed E-state index contributed by atoms with van der Waals surface area (Å²) in [5, 5.41) is 0. The third-order valence-electron chi connectivity index (χ3n) is 7.45. The third kappa shape index (κ3) is 5.69. The third-order valence-corrected chi connectivity index (χ3v) is 7.45. The summed E-state index contributed by atoms with van der Waals surface area (Å²) in [5.74, 6) is -0.110. The van der Waals surface area contributed by atoms with Crippen LogP contribution in [0, 0.1) is 5.82 Å². The number of carbonyl (C=O) groups excluding carboxylic acids is 1. The van der Waals surface area contributed by atoms with Crippen LogP contribution in [0.1, 0.15) is 60.8 Å². The molecule has 0 aromatic heterocycles. The number of hydrogen-bond donors (Lipinski definition) is 0. The van der Waals surface area contributed by atoms with Gasteiger partial charge in [0.15, 0.2) is 0 Å². The molecule has 1 heterocycles. The van der Waals surface area contributed by atoms with Crippen LogP contribution in [0.15, 0.2) is 78.9 Å². The molecule has 0 N–H and O–H groups in total. The number of benzene rings is 3. The Labute approximate surface area is 215 Å². The van der Waals surface area contributed by atoms with E-state index in [0.717, 1.165) is 36.3 Å². The molecule has 4 nitrogen and oxygen atoms in total. The van der Waals surface area contributed by atoms with Crippen molar-refractivity contribution in [2.24, 2.45) is 0 Å². The van der Waals surface area contributed by atoms with Crippen LogP contribution in [-0.2, 0) is 6.54 Å². The molecule has 1 amide bonds. The fourth-order valence-electron chi connectivity index (χ4n) is 5.43. The van der Waals surface area contributed by atoms with E-state index in [0.29, 0.717) is 19.1 Å². The maximum Gasteiger partial charge on any atom is 0.254 e. The average molecular weight is 488 g/mol. The molecule has 1 saturated heterocycles. The molecule has 0 saturated carbocycles. The van der Waals surface area contributed by atoms with E-state index >= 15 is 0 Å².